The highest BCUT2D eigenvalue weighted by molar-refractivity contribution is 9.10. The Hall–Kier alpha value is -0.280. The summed E-state index contributed by atoms with van der Waals surface area (Å²) in [5.74, 6) is 0. The number of halogens is 2. The molecule has 0 aliphatic rings. The Kier molecular flexibility index (Phi) is 2.74. The first-order valence-electron chi connectivity index (χ1n) is 4.05. The minimum absolute atomic E-state index is 0.855. The van der Waals surface area contributed by atoms with Gasteiger partial charge in [0.05, 0.1) is 0 Å². The van der Waals surface area contributed by atoms with Gasteiger partial charge in [-0.3, -0.25) is 0 Å². The molecule has 68 valence electrons. The molecule has 0 radical (unpaired) electrons. The number of rotatable bonds is 2. The molecule has 0 unspecified atom stereocenters. The standard InChI is InChI=1S/C10H8Br2O/c11-6-5-8-7-3-1-2-4-9(7)13-10(8)12/h1-4H,5-6H2. The molecule has 0 spiro atoms. The maximum absolute atomic E-state index is 5.55. The molecule has 2 aromatic rings. The summed E-state index contributed by atoms with van der Waals surface area (Å²) >= 11 is 6.85. The minimum atomic E-state index is 0.855. The lowest BCUT2D eigenvalue weighted by molar-refractivity contribution is 0.582. The first-order valence-corrected chi connectivity index (χ1v) is 5.96. The Labute approximate surface area is 93.4 Å². The van der Waals surface area contributed by atoms with E-state index in [2.05, 4.69) is 37.9 Å². The van der Waals surface area contributed by atoms with Gasteiger partial charge in [0.25, 0.3) is 0 Å². The van der Waals surface area contributed by atoms with Crippen LogP contribution in [0, 0.1) is 0 Å². The van der Waals surface area contributed by atoms with Gasteiger partial charge < -0.3 is 4.42 Å². The van der Waals surface area contributed by atoms with E-state index in [-0.39, 0.29) is 0 Å². The zero-order valence-electron chi connectivity index (χ0n) is 6.89. The van der Waals surface area contributed by atoms with Crippen LogP contribution in [0.5, 0.6) is 0 Å². The molecule has 1 aromatic carbocycles. The molecule has 0 amide bonds. The number of fused-ring (bicyclic) bond motifs is 1. The highest BCUT2D eigenvalue weighted by Crippen LogP contribution is 2.30. The lowest BCUT2D eigenvalue weighted by atomic mass is 10.1. The average molecular weight is 304 g/mol. The summed E-state index contributed by atoms with van der Waals surface area (Å²) < 4.78 is 6.40. The van der Waals surface area contributed by atoms with Crippen LogP contribution in [0.2, 0.25) is 0 Å². The Morgan fingerprint density at radius 2 is 2.00 bits per heavy atom. The van der Waals surface area contributed by atoms with Gasteiger partial charge in [0.1, 0.15) is 5.58 Å². The minimum Gasteiger partial charge on any atom is -0.449 e. The molecular weight excluding hydrogens is 296 g/mol. The smallest absolute Gasteiger partial charge is 0.173 e. The van der Waals surface area contributed by atoms with Crippen molar-refractivity contribution in [3.63, 3.8) is 0 Å². The van der Waals surface area contributed by atoms with Crippen LogP contribution < -0.4 is 0 Å². The van der Waals surface area contributed by atoms with Crippen molar-refractivity contribution in [3.8, 4) is 0 Å². The summed E-state index contributed by atoms with van der Waals surface area (Å²) in [4.78, 5) is 0. The molecule has 2 rings (SSSR count). The molecule has 0 atom stereocenters. The second-order valence-electron chi connectivity index (χ2n) is 2.79. The molecule has 0 bridgehead atoms. The van der Waals surface area contributed by atoms with Crippen LogP contribution in [0.1, 0.15) is 5.56 Å². The summed E-state index contributed by atoms with van der Waals surface area (Å²) in [7, 11) is 0. The van der Waals surface area contributed by atoms with Crippen LogP contribution >= 0.6 is 31.9 Å². The number of furan rings is 1. The van der Waals surface area contributed by atoms with Gasteiger partial charge in [0.15, 0.2) is 4.67 Å². The van der Waals surface area contributed by atoms with E-state index in [0.717, 1.165) is 22.0 Å². The summed E-state index contributed by atoms with van der Waals surface area (Å²) in [6.07, 6.45) is 0.984. The quantitative estimate of drug-likeness (QED) is 0.760. The molecule has 1 nitrogen and oxygen atoms in total. The molecule has 0 saturated heterocycles. The molecule has 0 aliphatic heterocycles. The van der Waals surface area contributed by atoms with Crippen molar-refractivity contribution in [2.45, 2.75) is 6.42 Å². The van der Waals surface area contributed by atoms with Crippen LogP contribution in [-0.2, 0) is 6.42 Å². The number of aryl methyl sites for hydroxylation is 1. The van der Waals surface area contributed by atoms with Crippen molar-refractivity contribution in [2.24, 2.45) is 0 Å². The fraction of sp³-hybridized carbons (Fsp3) is 0.200. The first kappa shape index (κ1) is 9.28. The van der Waals surface area contributed by atoms with E-state index in [1.54, 1.807) is 0 Å². The number of benzene rings is 1. The Morgan fingerprint density at radius 1 is 1.23 bits per heavy atom. The Morgan fingerprint density at radius 3 is 2.77 bits per heavy atom. The molecule has 0 saturated carbocycles. The van der Waals surface area contributed by atoms with Crippen molar-refractivity contribution in [1.29, 1.82) is 0 Å². The maximum atomic E-state index is 5.55. The van der Waals surface area contributed by atoms with Crippen molar-refractivity contribution >= 4 is 42.8 Å². The topological polar surface area (TPSA) is 13.1 Å². The van der Waals surface area contributed by atoms with Crippen LogP contribution in [-0.4, -0.2) is 5.33 Å². The van der Waals surface area contributed by atoms with Crippen LogP contribution in [0.25, 0.3) is 11.0 Å². The largest absolute Gasteiger partial charge is 0.449 e. The van der Waals surface area contributed by atoms with Crippen molar-refractivity contribution in [1.82, 2.24) is 0 Å². The lowest BCUT2D eigenvalue weighted by Crippen LogP contribution is -1.83. The molecule has 13 heavy (non-hydrogen) atoms. The van der Waals surface area contributed by atoms with Gasteiger partial charge in [-0.2, -0.15) is 0 Å². The second kappa shape index (κ2) is 3.84. The van der Waals surface area contributed by atoms with E-state index in [1.165, 1.54) is 10.9 Å². The Bertz CT molecular complexity index is 420. The van der Waals surface area contributed by atoms with Crippen LogP contribution in [0.3, 0.4) is 0 Å². The zero-order chi connectivity index (χ0) is 9.26. The summed E-state index contributed by atoms with van der Waals surface area (Å²) in [6, 6.07) is 8.08. The molecule has 0 fully saturated rings. The number of para-hydroxylation sites is 1. The second-order valence-corrected chi connectivity index (χ2v) is 4.30. The average Bonchev–Trinajstić information content (AvgIpc) is 2.44. The number of alkyl halides is 1. The molecular formula is C10H8Br2O. The van der Waals surface area contributed by atoms with Gasteiger partial charge in [0, 0.05) is 16.3 Å². The fourth-order valence-corrected chi connectivity index (χ4v) is 2.38. The molecule has 1 aromatic heterocycles. The van der Waals surface area contributed by atoms with E-state index in [9.17, 15) is 0 Å². The molecule has 0 N–H and O–H groups in total. The van der Waals surface area contributed by atoms with Crippen molar-refractivity contribution in [3.05, 3.63) is 34.5 Å². The van der Waals surface area contributed by atoms with E-state index < -0.39 is 0 Å². The van der Waals surface area contributed by atoms with E-state index in [4.69, 9.17) is 4.42 Å². The summed E-state index contributed by atoms with van der Waals surface area (Å²) in [5.41, 5.74) is 2.19. The molecule has 3 heteroatoms. The van der Waals surface area contributed by atoms with Gasteiger partial charge in [-0.05, 0) is 28.4 Å². The third kappa shape index (κ3) is 1.67. The third-order valence-electron chi connectivity index (χ3n) is 1.99. The fourth-order valence-electron chi connectivity index (χ4n) is 1.40. The Balaban J connectivity index is 2.64. The number of hydrogen-bond donors (Lipinski definition) is 0. The van der Waals surface area contributed by atoms with Crippen LogP contribution in [0.4, 0.5) is 0 Å². The van der Waals surface area contributed by atoms with Gasteiger partial charge in [0.2, 0.25) is 0 Å². The van der Waals surface area contributed by atoms with Crippen LogP contribution in [0.15, 0.2) is 33.4 Å². The normalized spacial score (nSPS) is 10.9. The highest BCUT2D eigenvalue weighted by Gasteiger charge is 2.09. The molecule has 0 aliphatic carbocycles. The first-order chi connectivity index (χ1) is 6.33. The highest BCUT2D eigenvalue weighted by atomic mass is 79.9. The molecule has 1 heterocycles. The maximum Gasteiger partial charge on any atom is 0.173 e. The van der Waals surface area contributed by atoms with Gasteiger partial charge in [-0.1, -0.05) is 34.1 Å². The van der Waals surface area contributed by atoms with Crippen molar-refractivity contribution < 1.29 is 4.42 Å². The van der Waals surface area contributed by atoms with E-state index in [1.807, 2.05) is 18.2 Å². The third-order valence-corrected chi connectivity index (χ3v) is 3.03. The monoisotopic (exact) mass is 302 g/mol. The van der Waals surface area contributed by atoms with Gasteiger partial charge in [-0.25, -0.2) is 0 Å². The summed E-state index contributed by atoms with van der Waals surface area (Å²) in [5, 5.41) is 2.16. The predicted octanol–water partition coefficient (Wildman–Crippen LogP) is 4.13. The van der Waals surface area contributed by atoms with E-state index in [0.29, 0.717) is 0 Å². The lowest BCUT2D eigenvalue weighted by Gasteiger charge is -1.92. The zero-order valence-corrected chi connectivity index (χ0v) is 10.1. The van der Waals surface area contributed by atoms with E-state index >= 15 is 0 Å². The van der Waals surface area contributed by atoms with Gasteiger partial charge in [-0.15, -0.1) is 0 Å². The SMILES string of the molecule is BrCCc1c(Br)oc2ccccc12. The summed E-state index contributed by atoms with van der Waals surface area (Å²) in [6.45, 7) is 0. The van der Waals surface area contributed by atoms with Crippen molar-refractivity contribution in [2.75, 3.05) is 5.33 Å². The van der Waals surface area contributed by atoms with Gasteiger partial charge >= 0.3 is 0 Å². The predicted molar refractivity (Wildman–Crippen MR) is 61.4 cm³/mol. The number of hydrogen-bond acceptors (Lipinski definition) is 1.